The number of benzene rings is 2. The zero-order valence-electron chi connectivity index (χ0n) is 18.3. The predicted octanol–water partition coefficient (Wildman–Crippen LogP) is 4.27. The molecule has 1 aliphatic heterocycles. The van der Waals surface area contributed by atoms with Crippen molar-refractivity contribution in [2.45, 2.75) is 18.9 Å². The summed E-state index contributed by atoms with van der Waals surface area (Å²) in [7, 11) is 1.66. The molecule has 0 atom stereocenters. The van der Waals surface area contributed by atoms with Crippen molar-refractivity contribution in [2.24, 2.45) is 4.99 Å². The van der Waals surface area contributed by atoms with Gasteiger partial charge in [0.2, 0.25) is 0 Å². The Balaban J connectivity index is 1.48. The molecular weight excluding hydrogens is 402 g/mol. The molecule has 7 nitrogen and oxygen atoms in total. The van der Waals surface area contributed by atoms with Gasteiger partial charge in [-0.3, -0.25) is 9.56 Å². The second kappa shape index (κ2) is 8.96. The van der Waals surface area contributed by atoms with Gasteiger partial charge in [-0.1, -0.05) is 12.1 Å². The van der Waals surface area contributed by atoms with Gasteiger partial charge >= 0.3 is 0 Å². The van der Waals surface area contributed by atoms with Crippen LogP contribution in [-0.2, 0) is 4.74 Å². The number of aromatic nitrogens is 3. The standard InChI is InChI=1S/C25H27N5O2/c1-26-19-10-12-29(13-11-19)23-5-3-4-18-6-9-24(28-25(18)23)30-17-27-21-16-20(7-8-22(21)30)32-15-14-31-2/h3-9,16-17,19H,1,10-15H2,2H3. The summed E-state index contributed by atoms with van der Waals surface area (Å²) in [6.07, 6.45) is 3.88. The monoisotopic (exact) mass is 429 g/mol. The Bertz CT molecular complexity index is 1240. The number of nitrogens with zero attached hydrogens (tertiary/aromatic N) is 5. The van der Waals surface area contributed by atoms with E-state index in [0.717, 1.165) is 59.4 Å². The zero-order valence-corrected chi connectivity index (χ0v) is 18.3. The van der Waals surface area contributed by atoms with Gasteiger partial charge in [-0.25, -0.2) is 9.97 Å². The predicted molar refractivity (Wildman–Crippen MR) is 129 cm³/mol. The van der Waals surface area contributed by atoms with Gasteiger partial charge in [-0.15, -0.1) is 0 Å². The molecule has 5 rings (SSSR count). The van der Waals surface area contributed by atoms with Crippen molar-refractivity contribution in [1.82, 2.24) is 14.5 Å². The number of methoxy groups -OCH3 is 1. The quantitative estimate of drug-likeness (QED) is 0.324. The first kappa shape index (κ1) is 20.5. The molecule has 3 heterocycles. The summed E-state index contributed by atoms with van der Waals surface area (Å²) in [4.78, 5) is 16.3. The van der Waals surface area contributed by atoms with E-state index in [1.165, 1.54) is 5.69 Å². The average molecular weight is 430 g/mol. The van der Waals surface area contributed by atoms with Crippen molar-refractivity contribution < 1.29 is 9.47 Å². The van der Waals surface area contributed by atoms with Crippen LogP contribution in [0.4, 0.5) is 5.69 Å². The largest absolute Gasteiger partial charge is 0.491 e. The van der Waals surface area contributed by atoms with Gasteiger partial charge in [0.05, 0.1) is 34.9 Å². The lowest BCUT2D eigenvalue weighted by Gasteiger charge is -2.32. The van der Waals surface area contributed by atoms with E-state index in [-0.39, 0.29) is 0 Å². The molecule has 0 radical (unpaired) electrons. The van der Waals surface area contributed by atoms with Crippen LogP contribution in [-0.4, -0.2) is 60.7 Å². The van der Waals surface area contributed by atoms with E-state index < -0.39 is 0 Å². The number of hydrogen-bond donors (Lipinski definition) is 0. The van der Waals surface area contributed by atoms with Crippen LogP contribution in [0.5, 0.6) is 5.75 Å². The van der Waals surface area contributed by atoms with Crippen molar-refractivity contribution in [3.63, 3.8) is 0 Å². The molecule has 164 valence electrons. The van der Waals surface area contributed by atoms with Crippen molar-refractivity contribution in [2.75, 3.05) is 38.3 Å². The first-order valence-corrected chi connectivity index (χ1v) is 11.0. The van der Waals surface area contributed by atoms with E-state index in [0.29, 0.717) is 19.3 Å². The molecule has 4 aromatic rings. The van der Waals surface area contributed by atoms with Crippen LogP contribution in [0.2, 0.25) is 0 Å². The molecule has 2 aromatic carbocycles. The molecule has 0 saturated carbocycles. The lowest BCUT2D eigenvalue weighted by Crippen LogP contribution is -2.35. The van der Waals surface area contributed by atoms with E-state index in [4.69, 9.17) is 14.5 Å². The van der Waals surface area contributed by atoms with E-state index in [1.54, 1.807) is 7.11 Å². The Kier molecular flexibility index (Phi) is 5.73. The summed E-state index contributed by atoms with van der Waals surface area (Å²) in [5.41, 5.74) is 4.04. The fourth-order valence-corrected chi connectivity index (χ4v) is 4.31. The van der Waals surface area contributed by atoms with Crippen LogP contribution in [0, 0.1) is 0 Å². The van der Waals surface area contributed by atoms with Crippen molar-refractivity contribution >= 4 is 34.3 Å². The van der Waals surface area contributed by atoms with E-state index in [1.807, 2.05) is 35.2 Å². The Morgan fingerprint density at radius 2 is 1.97 bits per heavy atom. The van der Waals surface area contributed by atoms with Crippen LogP contribution < -0.4 is 9.64 Å². The number of piperidine rings is 1. The van der Waals surface area contributed by atoms with Gasteiger partial charge in [0.1, 0.15) is 24.5 Å². The number of pyridine rings is 1. The molecule has 1 saturated heterocycles. The molecule has 0 amide bonds. The zero-order chi connectivity index (χ0) is 21.9. The van der Waals surface area contributed by atoms with Gasteiger partial charge in [0.15, 0.2) is 0 Å². The third-order valence-corrected chi connectivity index (χ3v) is 6.07. The average Bonchev–Trinajstić information content (AvgIpc) is 3.27. The Hall–Kier alpha value is -3.45. The fraction of sp³-hybridized carbons (Fsp3) is 0.320. The van der Waals surface area contributed by atoms with E-state index in [9.17, 15) is 0 Å². The van der Waals surface area contributed by atoms with Crippen LogP contribution >= 0.6 is 0 Å². The van der Waals surface area contributed by atoms with Crippen molar-refractivity contribution in [3.8, 4) is 11.6 Å². The summed E-state index contributed by atoms with van der Waals surface area (Å²) in [5.74, 6) is 1.63. The summed E-state index contributed by atoms with van der Waals surface area (Å²) < 4.78 is 12.8. The maximum absolute atomic E-state index is 5.72. The van der Waals surface area contributed by atoms with E-state index >= 15 is 0 Å². The molecule has 7 heteroatoms. The highest BCUT2D eigenvalue weighted by Crippen LogP contribution is 2.30. The number of hydrogen-bond acceptors (Lipinski definition) is 6. The van der Waals surface area contributed by atoms with Gasteiger partial charge in [0, 0.05) is 31.7 Å². The number of para-hydroxylation sites is 1. The summed E-state index contributed by atoms with van der Waals surface area (Å²) in [6, 6.07) is 16.9. The van der Waals surface area contributed by atoms with Crippen LogP contribution in [0.15, 0.2) is 59.9 Å². The number of anilines is 1. The normalized spacial score (nSPS) is 14.8. The minimum absolute atomic E-state index is 0.366. The minimum Gasteiger partial charge on any atom is -0.491 e. The molecule has 1 fully saturated rings. The molecule has 0 bridgehead atoms. The van der Waals surface area contributed by atoms with Crippen LogP contribution in [0.1, 0.15) is 12.8 Å². The SMILES string of the molecule is C=NC1CCN(c2cccc3ccc(-n4cnc5cc(OCCOC)ccc54)nc23)CC1. The molecule has 0 aliphatic carbocycles. The number of imidazole rings is 1. The first-order chi connectivity index (χ1) is 15.8. The Morgan fingerprint density at radius 1 is 1.09 bits per heavy atom. The highest BCUT2D eigenvalue weighted by Gasteiger charge is 2.20. The third-order valence-electron chi connectivity index (χ3n) is 6.07. The maximum atomic E-state index is 5.72. The first-order valence-electron chi connectivity index (χ1n) is 11.0. The topological polar surface area (TPSA) is 64.8 Å². The van der Waals surface area contributed by atoms with Crippen LogP contribution in [0.3, 0.4) is 0 Å². The van der Waals surface area contributed by atoms with Gasteiger partial charge in [-0.05, 0) is 49.9 Å². The highest BCUT2D eigenvalue weighted by atomic mass is 16.5. The number of fused-ring (bicyclic) bond motifs is 2. The third kappa shape index (κ3) is 3.91. The Labute approximate surface area is 187 Å². The molecule has 0 spiro atoms. The van der Waals surface area contributed by atoms with Gasteiger partial charge in [0.25, 0.3) is 0 Å². The molecule has 0 N–H and O–H groups in total. The summed E-state index contributed by atoms with van der Waals surface area (Å²) in [6.45, 7) is 6.72. The highest BCUT2D eigenvalue weighted by molar-refractivity contribution is 5.92. The van der Waals surface area contributed by atoms with Gasteiger partial charge < -0.3 is 14.4 Å². The molecule has 1 aliphatic rings. The summed E-state index contributed by atoms with van der Waals surface area (Å²) in [5, 5.41) is 1.13. The molecular formula is C25H27N5O2. The maximum Gasteiger partial charge on any atom is 0.139 e. The molecule has 0 unspecified atom stereocenters. The number of ether oxygens (including phenoxy) is 2. The lowest BCUT2D eigenvalue weighted by atomic mass is 10.0. The number of rotatable bonds is 7. The molecule has 2 aromatic heterocycles. The Morgan fingerprint density at radius 3 is 2.78 bits per heavy atom. The van der Waals surface area contributed by atoms with Crippen molar-refractivity contribution in [3.05, 3.63) is 54.9 Å². The lowest BCUT2D eigenvalue weighted by molar-refractivity contribution is 0.146. The second-order valence-corrected chi connectivity index (χ2v) is 8.03. The summed E-state index contributed by atoms with van der Waals surface area (Å²) >= 11 is 0. The van der Waals surface area contributed by atoms with Crippen LogP contribution in [0.25, 0.3) is 27.8 Å². The van der Waals surface area contributed by atoms with Gasteiger partial charge in [-0.2, -0.15) is 0 Å². The van der Waals surface area contributed by atoms with Crippen molar-refractivity contribution in [1.29, 1.82) is 0 Å². The number of aliphatic imine (C=N–C) groups is 1. The van der Waals surface area contributed by atoms with E-state index in [2.05, 4.69) is 45.9 Å². The minimum atomic E-state index is 0.366. The second-order valence-electron chi connectivity index (χ2n) is 8.03. The smallest absolute Gasteiger partial charge is 0.139 e. The fourth-order valence-electron chi connectivity index (χ4n) is 4.31. The molecule has 32 heavy (non-hydrogen) atoms.